The Morgan fingerprint density at radius 2 is 1.91 bits per heavy atom. The number of carboxylic acid groups (broad SMARTS) is 1. The normalized spacial score (nSPS) is 16.5. The molecule has 0 radical (unpaired) electrons. The lowest BCUT2D eigenvalue weighted by atomic mass is 9.89. The maximum absolute atomic E-state index is 12.5. The fraction of sp³-hybridized carbons (Fsp3) is 0.467. The highest BCUT2D eigenvalue weighted by Crippen LogP contribution is 2.36. The SMILES string of the molecule is COc1cc(C(=O)NC2(C(=O)O)CCOCC2)cc(Br)c1OC. The molecule has 0 aromatic heterocycles. The predicted octanol–water partition coefficient (Wildman–Crippen LogP) is 1.83. The third-order valence-electron chi connectivity index (χ3n) is 3.80. The molecule has 23 heavy (non-hydrogen) atoms. The van der Waals surface area contributed by atoms with E-state index in [2.05, 4.69) is 21.2 Å². The Kier molecular flexibility index (Phi) is 5.48. The van der Waals surface area contributed by atoms with Crippen LogP contribution in [0.3, 0.4) is 0 Å². The van der Waals surface area contributed by atoms with Gasteiger partial charge in [0.1, 0.15) is 5.54 Å². The van der Waals surface area contributed by atoms with Gasteiger partial charge in [0.05, 0.1) is 18.7 Å². The van der Waals surface area contributed by atoms with Gasteiger partial charge >= 0.3 is 5.97 Å². The number of carbonyl (C=O) groups excluding carboxylic acids is 1. The van der Waals surface area contributed by atoms with E-state index in [0.29, 0.717) is 29.2 Å². The van der Waals surface area contributed by atoms with E-state index in [4.69, 9.17) is 14.2 Å². The summed E-state index contributed by atoms with van der Waals surface area (Å²) in [4.78, 5) is 24.1. The number of benzene rings is 1. The van der Waals surface area contributed by atoms with E-state index in [1.807, 2.05) is 0 Å². The first-order valence-corrected chi connectivity index (χ1v) is 7.78. The van der Waals surface area contributed by atoms with Crippen LogP contribution >= 0.6 is 15.9 Å². The van der Waals surface area contributed by atoms with Crippen LogP contribution in [0, 0.1) is 0 Å². The van der Waals surface area contributed by atoms with Crippen LogP contribution in [0.15, 0.2) is 16.6 Å². The summed E-state index contributed by atoms with van der Waals surface area (Å²) >= 11 is 3.31. The van der Waals surface area contributed by atoms with Crippen molar-refractivity contribution in [2.24, 2.45) is 0 Å². The molecule has 0 spiro atoms. The summed E-state index contributed by atoms with van der Waals surface area (Å²) in [6.07, 6.45) is 0.449. The zero-order chi connectivity index (χ0) is 17.0. The Bertz CT molecular complexity index is 612. The predicted molar refractivity (Wildman–Crippen MR) is 85.1 cm³/mol. The van der Waals surface area contributed by atoms with Crippen molar-refractivity contribution in [2.45, 2.75) is 18.4 Å². The van der Waals surface area contributed by atoms with Crippen LogP contribution in [0.25, 0.3) is 0 Å². The highest BCUT2D eigenvalue weighted by molar-refractivity contribution is 9.10. The van der Waals surface area contributed by atoms with Crippen LogP contribution in [0.4, 0.5) is 0 Å². The number of hydrogen-bond acceptors (Lipinski definition) is 5. The van der Waals surface area contributed by atoms with E-state index in [9.17, 15) is 14.7 Å². The van der Waals surface area contributed by atoms with Gasteiger partial charge in [-0.25, -0.2) is 4.79 Å². The van der Waals surface area contributed by atoms with E-state index in [0.717, 1.165) is 0 Å². The van der Waals surface area contributed by atoms with Gasteiger partial charge in [-0.2, -0.15) is 0 Å². The first-order chi connectivity index (χ1) is 10.9. The lowest BCUT2D eigenvalue weighted by Gasteiger charge is -2.33. The van der Waals surface area contributed by atoms with Crippen LogP contribution in [-0.2, 0) is 9.53 Å². The highest BCUT2D eigenvalue weighted by Gasteiger charge is 2.41. The summed E-state index contributed by atoms with van der Waals surface area (Å²) in [5.41, 5.74) is -1.03. The second kappa shape index (κ2) is 7.18. The fourth-order valence-corrected chi connectivity index (χ4v) is 3.05. The monoisotopic (exact) mass is 387 g/mol. The number of amides is 1. The number of aliphatic carboxylic acids is 1. The van der Waals surface area contributed by atoms with Crippen molar-refractivity contribution in [3.63, 3.8) is 0 Å². The molecule has 1 aliphatic heterocycles. The van der Waals surface area contributed by atoms with E-state index >= 15 is 0 Å². The highest BCUT2D eigenvalue weighted by atomic mass is 79.9. The second-order valence-corrected chi connectivity index (χ2v) is 6.00. The van der Waals surface area contributed by atoms with Gasteiger partial charge in [0.2, 0.25) is 0 Å². The molecule has 1 aliphatic rings. The van der Waals surface area contributed by atoms with Gasteiger partial charge in [-0.3, -0.25) is 4.79 Å². The van der Waals surface area contributed by atoms with Gasteiger partial charge in [-0.1, -0.05) is 0 Å². The van der Waals surface area contributed by atoms with Crippen LogP contribution in [0.2, 0.25) is 0 Å². The molecular formula is C15H18BrNO6. The first-order valence-electron chi connectivity index (χ1n) is 6.98. The zero-order valence-electron chi connectivity index (χ0n) is 12.8. The van der Waals surface area contributed by atoms with E-state index in [-0.39, 0.29) is 18.4 Å². The molecular weight excluding hydrogens is 370 g/mol. The van der Waals surface area contributed by atoms with Crippen molar-refractivity contribution in [1.82, 2.24) is 5.32 Å². The summed E-state index contributed by atoms with van der Waals surface area (Å²) in [6, 6.07) is 3.07. The van der Waals surface area contributed by atoms with Crippen molar-refractivity contribution >= 4 is 27.8 Å². The Morgan fingerprint density at radius 3 is 2.43 bits per heavy atom. The third kappa shape index (κ3) is 3.59. The average molecular weight is 388 g/mol. The molecule has 0 aliphatic carbocycles. The number of nitrogens with one attached hydrogen (secondary N) is 1. The van der Waals surface area contributed by atoms with Crippen LogP contribution in [0.1, 0.15) is 23.2 Å². The first kappa shape index (κ1) is 17.6. The molecule has 0 atom stereocenters. The summed E-state index contributed by atoms with van der Waals surface area (Å²) in [5, 5.41) is 12.1. The molecule has 1 amide bonds. The third-order valence-corrected chi connectivity index (χ3v) is 4.39. The van der Waals surface area contributed by atoms with Gasteiger partial charge in [0.15, 0.2) is 11.5 Å². The van der Waals surface area contributed by atoms with Crippen molar-refractivity contribution < 1.29 is 28.9 Å². The Balaban J connectivity index is 2.29. The second-order valence-electron chi connectivity index (χ2n) is 5.15. The molecule has 1 fully saturated rings. The zero-order valence-corrected chi connectivity index (χ0v) is 14.4. The van der Waals surface area contributed by atoms with E-state index in [1.165, 1.54) is 20.3 Å². The molecule has 8 heteroatoms. The van der Waals surface area contributed by atoms with Crippen LogP contribution < -0.4 is 14.8 Å². The minimum Gasteiger partial charge on any atom is -0.493 e. The summed E-state index contributed by atoms with van der Waals surface area (Å²) in [7, 11) is 2.95. The van der Waals surface area contributed by atoms with Gasteiger partial charge in [-0.15, -0.1) is 0 Å². The number of methoxy groups -OCH3 is 2. The fourth-order valence-electron chi connectivity index (χ4n) is 2.45. The summed E-state index contributed by atoms with van der Waals surface area (Å²) in [5.74, 6) is -0.712. The van der Waals surface area contributed by atoms with Gasteiger partial charge in [0, 0.05) is 31.6 Å². The average Bonchev–Trinajstić information content (AvgIpc) is 2.54. The molecule has 1 saturated heterocycles. The minimum absolute atomic E-state index is 0.225. The number of halogens is 1. The maximum atomic E-state index is 12.5. The smallest absolute Gasteiger partial charge is 0.329 e. The molecule has 1 heterocycles. The lowest BCUT2D eigenvalue weighted by molar-refractivity contribution is -0.148. The quantitative estimate of drug-likeness (QED) is 0.800. The Labute approximate surface area is 142 Å². The van der Waals surface area contributed by atoms with Crippen LogP contribution in [-0.4, -0.2) is 50.0 Å². The van der Waals surface area contributed by atoms with E-state index < -0.39 is 17.4 Å². The van der Waals surface area contributed by atoms with Gasteiger partial charge in [-0.05, 0) is 28.1 Å². The van der Waals surface area contributed by atoms with E-state index in [1.54, 1.807) is 6.07 Å². The van der Waals surface area contributed by atoms with Crippen molar-refractivity contribution in [3.05, 3.63) is 22.2 Å². The Morgan fingerprint density at radius 1 is 1.26 bits per heavy atom. The molecule has 0 bridgehead atoms. The van der Waals surface area contributed by atoms with Crippen LogP contribution in [0.5, 0.6) is 11.5 Å². The summed E-state index contributed by atoms with van der Waals surface area (Å²) < 4.78 is 16.1. The molecule has 1 aromatic carbocycles. The maximum Gasteiger partial charge on any atom is 0.329 e. The Hall–Kier alpha value is -1.80. The largest absolute Gasteiger partial charge is 0.493 e. The molecule has 2 rings (SSSR count). The molecule has 126 valence electrons. The number of hydrogen-bond donors (Lipinski definition) is 2. The number of ether oxygens (including phenoxy) is 3. The molecule has 1 aromatic rings. The lowest BCUT2D eigenvalue weighted by Crippen LogP contribution is -2.57. The number of carboxylic acids is 1. The van der Waals surface area contributed by atoms with Gasteiger partial charge < -0.3 is 24.6 Å². The summed E-state index contributed by atoms with van der Waals surface area (Å²) in [6.45, 7) is 0.588. The van der Waals surface area contributed by atoms with Crippen molar-refractivity contribution in [1.29, 1.82) is 0 Å². The molecule has 2 N–H and O–H groups in total. The topological polar surface area (TPSA) is 94.1 Å². The number of rotatable bonds is 5. The molecule has 0 saturated carbocycles. The van der Waals surface area contributed by atoms with Crippen molar-refractivity contribution in [3.8, 4) is 11.5 Å². The molecule has 7 nitrogen and oxygen atoms in total. The van der Waals surface area contributed by atoms with Crippen molar-refractivity contribution in [2.75, 3.05) is 27.4 Å². The minimum atomic E-state index is -1.31. The van der Waals surface area contributed by atoms with Gasteiger partial charge in [0.25, 0.3) is 5.91 Å². The number of carbonyl (C=O) groups is 2. The standard InChI is InChI=1S/C15H18BrNO6/c1-21-11-8-9(7-10(16)12(11)22-2)13(18)17-15(14(19)20)3-5-23-6-4-15/h7-8H,3-6H2,1-2H3,(H,17,18)(H,19,20). The molecule has 0 unspecified atom stereocenters.